The Kier molecular flexibility index (Phi) is 7.07. The Morgan fingerprint density at radius 3 is 2.69 bits per heavy atom. The van der Waals surface area contributed by atoms with E-state index in [0.29, 0.717) is 31.1 Å². The number of hydrogen-bond donors (Lipinski definition) is 0. The van der Waals surface area contributed by atoms with Crippen LogP contribution in [-0.2, 0) is 17.8 Å². The lowest BCUT2D eigenvalue weighted by molar-refractivity contribution is -0.130. The van der Waals surface area contributed by atoms with Crippen molar-refractivity contribution in [3.63, 3.8) is 0 Å². The Balaban J connectivity index is 1.48. The number of nitrogens with zero attached hydrogens (tertiary/aromatic N) is 5. The summed E-state index contributed by atoms with van der Waals surface area (Å²) in [7, 11) is 1.89. The van der Waals surface area contributed by atoms with Crippen molar-refractivity contribution >= 4 is 11.8 Å². The fourth-order valence-corrected chi connectivity index (χ4v) is 4.46. The molecule has 0 unspecified atom stereocenters. The van der Waals surface area contributed by atoms with Crippen LogP contribution in [0.5, 0.6) is 5.75 Å². The highest BCUT2D eigenvalue weighted by molar-refractivity contribution is 5.94. The molecule has 6 bridgehead atoms. The van der Waals surface area contributed by atoms with Crippen LogP contribution in [0.1, 0.15) is 53.7 Å². The van der Waals surface area contributed by atoms with Gasteiger partial charge in [0.1, 0.15) is 5.75 Å². The molecule has 0 spiro atoms. The maximum Gasteiger partial charge on any atom is 0.253 e. The smallest absolute Gasteiger partial charge is 0.253 e. The highest BCUT2D eigenvalue weighted by atomic mass is 16.5. The lowest BCUT2D eigenvalue weighted by Gasteiger charge is -2.34. The van der Waals surface area contributed by atoms with Gasteiger partial charge >= 0.3 is 0 Å². The molecule has 0 N–H and O–H groups in total. The molecule has 1 aromatic heterocycles. The summed E-state index contributed by atoms with van der Waals surface area (Å²) in [5.41, 5.74) is 2.61. The number of carbonyl (C=O) groups is 2. The Morgan fingerprint density at radius 2 is 1.88 bits per heavy atom. The highest BCUT2D eigenvalue weighted by Gasteiger charge is 2.26. The Hall–Kier alpha value is -2.90. The summed E-state index contributed by atoms with van der Waals surface area (Å²) < 4.78 is 7.83. The van der Waals surface area contributed by atoms with Gasteiger partial charge in [-0.15, -0.1) is 5.10 Å². The molecule has 1 fully saturated rings. The monoisotopic (exact) mass is 439 g/mol. The van der Waals surface area contributed by atoms with Crippen LogP contribution in [0.15, 0.2) is 24.4 Å². The SMILES string of the molecule is Cc1ccc2cc1OCCCn1cc(nn1)CCCC(=O)N(C)CC1CCN(CC1)C2=O. The van der Waals surface area contributed by atoms with Crippen molar-refractivity contribution in [2.75, 3.05) is 33.3 Å². The molecule has 2 amide bonds. The predicted molar refractivity (Wildman–Crippen MR) is 121 cm³/mol. The van der Waals surface area contributed by atoms with E-state index in [-0.39, 0.29) is 11.8 Å². The number of hydrogen-bond acceptors (Lipinski definition) is 5. The number of aryl methyl sites for hydroxylation is 3. The van der Waals surface area contributed by atoms with Gasteiger partial charge in [-0.1, -0.05) is 11.3 Å². The molecule has 8 heteroatoms. The summed E-state index contributed by atoms with van der Waals surface area (Å²) in [5.74, 6) is 1.42. The number of benzene rings is 1. The maximum absolute atomic E-state index is 13.1. The van der Waals surface area contributed by atoms with Gasteiger partial charge in [0.25, 0.3) is 5.91 Å². The molecule has 172 valence electrons. The first-order chi connectivity index (χ1) is 15.5. The van der Waals surface area contributed by atoms with Crippen LogP contribution in [0.4, 0.5) is 0 Å². The number of ether oxygens (including phenoxy) is 1. The number of fused-ring (bicyclic) bond motifs is 10. The maximum atomic E-state index is 13.1. The molecular formula is C24H33N5O3. The van der Waals surface area contributed by atoms with Crippen LogP contribution in [0.3, 0.4) is 0 Å². The molecule has 0 saturated carbocycles. The molecule has 3 aliphatic heterocycles. The summed E-state index contributed by atoms with van der Waals surface area (Å²) >= 11 is 0. The summed E-state index contributed by atoms with van der Waals surface area (Å²) in [5, 5.41) is 8.42. The third-order valence-corrected chi connectivity index (χ3v) is 6.49. The van der Waals surface area contributed by atoms with Gasteiger partial charge in [0.15, 0.2) is 0 Å². The van der Waals surface area contributed by atoms with Crippen LogP contribution in [0, 0.1) is 12.8 Å². The van der Waals surface area contributed by atoms with Gasteiger partial charge in [0.05, 0.1) is 12.3 Å². The van der Waals surface area contributed by atoms with Crippen LogP contribution < -0.4 is 4.74 Å². The van der Waals surface area contributed by atoms with E-state index in [2.05, 4.69) is 10.3 Å². The van der Waals surface area contributed by atoms with Gasteiger partial charge < -0.3 is 14.5 Å². The number of aromatic nitrogens is 3. The van der Waals surface area contributed by atoms with Crippen molar-refractivity contribution < 1.29 is 14.3 Å². The number of amides is 2. The van der Waals surface area contributed by atoms with Crippen LogP contribution in [0.2, 0.25) is 0 Å². The van der Waals surface area contributed by atoms with E-state index < -0.39 is 0 Å². The van der Waals surface area contributed by atoms with Crippen molar-refractivity contribution in [2.24, 2.45) is 5.92 Å². The second-order valence-corrected chi connectivity index (χ2v) is 9.02. The first-order valence-corrected chi connectivity index (χ1v) is 11.7. The largest absolute Gasteiger partial charge is 0.493 e. The molecular weight excluding hydrogens is 406 g/mol. The average molecular weight is 440 g/mol. The lowest BCUT2D eigenvalue weighted by atomic mass is 9.95. The Labute approximate surface area is 189 Å². The van der Waals surface area contributed by atoms with Gasteiger partial charge in [-0.3, -0.25) is 14.3 Å². The van der Waals surface area contributed by atoms with E-state index in [1.165, 1.54) is 0 Å². The summed E-state index contributed by atoms with van der Waals surface area (Å²) in [6.07, 6.45) is 6.62. The average Bonchev–Trinajstić information content (AvgIpc) is 3.24. The molecule has 0 aliphatic carbocycles. The van der Waals surface area contributed by atoms with Crippen molar-refractivity contribution in [2.45, 2.75) is 52.0 Å². The quantitative estimate of drug-likeness (QED) is 0.631. The molecule has 8 nitrogen and oxygen atoms in total. The number of carbonyl (C=O) groups excluding carboxylic acids is 2. The van der Waals surface area contributed by atoms with E-state index in [9.17, 15) is 9.59 Å². The topological polar surface area (TPSA) is 80.6 Å². The zero-order chi connectivity index (χ0) is 22.5. The Morgan fingerprint density at radius 1 is 1.06 bits per heavy atom. The zero-order valence-electron chi connectivity index (χ0n) is 19.1. The fraction of sp³-hybridized carbons (Fsp3) is 0.583. The first kappa shape index (κ1) is 22.3. The standard InChI is InChI=1S/C24H33N5O3/c1-18-7-8-20-15-22(18)32-14-4-11-29-17-21(25-26-29)5-3-6-23(30)27(2)16-19-9-12-28(13-10-19)24(20)31/h7-8,15,17,19H,3-6,9-14,16H2,1-2H3. The molecule has 32 heavy (non-hydrogen) atoms. The second-order valence-electron chi connectivity index (χ2n) is 9.02. The molecule has 0 radical (unpaired) electrons. The third-order valence-electron chi connectivity index (χ3n) is 6.49. The molecule has 3 aliphatic rings. The number of rotatable bonds is 0. The molecule has 1 aromatic carbocycles. The third kappa shape index (κ3) is 5.47. The number of piperidine rings is 1. The molecule has 0 atom stereocenters. The lowest BCUT2D eigenvalue weighted by Crippen LogP contribution is -2.42. The molecule has 1 saturated heterocycles. The van der Waals surface area contributed by atoms with Gasteiger partial charge in [0.2, 0.25) is 5.91 Å². The van der Waals surface area contributed by atoms with Crippen molar-refractivity contribution in [1.82, 2.24) is 24.8 Å². The van der Waals surface area contributed by atoms with E-state index in [1.807, 2.05) is 52.8 Å². The van der Waals surface area contributed by atoms with E-state index in [1.54, 1.807) is 0 Å². The van der Waals surface area contributed by atoms with Crippen molar-refractivity contribution in [3.05, 3.63) is 41.2 Å². The van der Waals surface area contributed by atoms with Gasteiger partial charge in [-0.05, 0) is 56.2 Å². The van der Waals surface area contributed by atoms with Crippen LogP contribution >= 0.6 is 0 Å². The molecule has 4 heterocycles. The first-order valence-electron chi connectivity index (χ1n) is 11.7. The minimum atomic E-state index is 0.0544. The summed E-state index contributed by atoms with van der Waals surface area (Å²) in [6, 6.07) is 5.71. The zero-order valence-corrected chi connectivity index (χ0v) is 19.1. The van der Waals surface area contributed by atoms with Gasteiger partial charge in [-0.2, -0.15) is 0 Å². The molecule has 5 rings (SSSR count). The summed E-state index contributed by atoms with van der Waals surface area (Å²) in [6.45, 7) is 5.45. The summed E-state index contributed by atoms with van der Waals surface area (Å²) in [4.78, 5) is 29.4. The minimum absolute atomic E-state index is 0.0544. The van der Waals surface area contributed by atoms with Gasteiger partial charge in [-0.25, -0.2) is 0 Å². The Bertz CT molecular complexity index is 949. The normalized spacial score (nSPS) is 19.6. The molecule has 2 aromatic rings. The second kappa shape index (κ2) is 10.1. The van der Waals surface area contributed by atoms with E-state index in [4.69, 9.17) is 4.74 Å². The van der Waals surface area contributed by atoms with E-state index >= 15 is 0 Å². The fourth-order valence-electron chi connectivity index (χ4n) is 4.46. The van der Waals surface area contributed by atoms with Crippen molar-refractivity contribution in [1.29, 1.82) is 0 Å². The van der Waals surface area contributed by atoms with Crippen LogP contribution in [-0.4, -0.2) is 69.9 Å². The van der Waals surface area contributed by atoms with Gasteiger partial charge in [0, 0.05) is 57.8 Å². The van der Waals surface area contributed by atoms with Crippen LogP contribution in [0.25, 0.3) is 0 Å². The highest BCUT2D eigenvalue weighted by Crippen LogP contribution is 2.24. The minimum Gasteiger partial charge on any atom is -0.493 e. The van der Waals surface area contributed by atoms with E-state index in [0.717, 1.165) is 68.7 Å². The van der Waals surface area contributed by atoms with Crippen molar-refractivity contribution in [3.8, 4) is 5.75 Å². The predicted octanol–water partition coefficient (Wildman–Crippen LogP) is 2.70.